The van der Waals surface area contributed by atoms with Crippen molar-refractivity contribution in [1.29, 1.82) is 0 Å². The van der Waals surface area contributed by atoms with Crippen molar-refractivity contribution in [1.82, 2.24) is 15.1 Å². The van der Waals surface area contributed by atoms with Crippen molar-refractivity contribution in [3.63, 3.8) is 0 Å². The summed E-state index contributed by atoms with van der Waals surface area (Å²) in [6.07, 6.45) is 1.80. The number of primary amides is 1. The summed E-state index contributed by atoms with van der Waals surface area (Å²) in [7, 11) is 8.61. The third-order valence-electron chi connectivity index (χ3n) is 9.54. The lowest BCUT2D eigenvalue weighted by atomic mass is 9.58. The number of nitrogens with zero attached hydrogens (tertiary/aromatic N) is 3. The van der Waals surface area contributed by atoms with E-state index < -0.39 is 58.0 Å². The Morgan fingerprint density at radius 1 is 1.16 bits per heavy atom. The van der Waals surface area contributed by atoms with E-state index in [1.54, 1.807) is 39.2 Å². The molecule has 1 saturated heterocycles. The van der Waals surface area contributed by atoms with Crippen LogP contribution in [0.5, 0.6) is 5.75 Å². The summed E-state index contributed by atoms with van der Waals surface area (Å²) in [5.41, 5.74) is 2.97. The number of hydrogen-bond acceptors (Lipinski definition) is 11. The van der Waals surface area contributed by atoms with Crippen LogP contribution in [-0.4, -0.2) is 113 Å². The van der Waals surface area contributed by atoms with Crippen molar-refractivity contribution in [2.45, 2.75) is 49.9 Å². The summed E-state index contributed by atoms with van der Waals surface area (Å²) in [5.74, 6) is -7.18. The molecule has 43 heavy (non-hydrogen) atoms. The largest absolute Gasteiger partial charge is 0.510 e. The molecule has 1 aromatic rings. The van der Waals surface area contributed by atoms with Crippen molar-refractivity contribution < 1.29 is 39.6 Å². The molecule has 0 radical (unpaired) electrons. The Kier molecular flexibility index (Phi) is 7.56. The van der Waals surface area contributed by atoms with Gasteiger partial charge in [-0.1, -0.05) is 0 Å². The number of amides is 2. The van der Waals surface area contributed by atoms with Gasteiger partial charge in [0.05, 0.1) is 17.6 Å². The highest BCUT2D eigenvalue weighted by Gasteiger charge is 2.63. The number of fused-ring (bicyclic) bond motifs is 3. The van der Waals surface area contributed by atoms with E-state index in [9.17, 15) is 39.6 Å². The third-order valence-corrected chi connectivity index (χ3v) is 9.54. The molecule has 5 rings (SSSR count). The van der Waals surface area contributed by atoms with E-state index in [0.29, 0.717) is 16.8 Å². The number of aliphatic hydroxyl groups is 3. The highest BCUT2D eigenvalue weighted by atomic mass is 16.3. The van der Waals surface area contributed by atoms with Crippen LogP contribution in [0, 0.1) is 11.8 Å². The van der Waals surface area contributed by atoms with Crippen molar-refractivity contribution >= 4 is 29.1 Å². The number of nitrogens with one attached hydrogen (secondary N) is 1. The molecule has 1 aromatic carbocycles. The molecule has 5 atom stereocenters. The fourth-order valence-corrected chi connectivity index (χ4v) is 7.43. The zero-order chi connectivity index (χ0) is 31.7. The average Bonchev–Trinajstić information content (AvgIpc) is 3.35. The Hall–Kier alpha value is -3.94. The van der Waals surface area contributed by atoms with Crippen LogP contribution in [0.25, 0.3) is 0 Å². The molecule has 7 N–H and O–H groups in total. The number of rotatable bonds is 6. The first-order chi connectivity index (χ1) is 20.1. The molecule has 1 aliphatic heterocycles. The molecule has 2 amide bonds. The smallest absolute Gasteiger partial charge is 0.255 e. The first-order valence-electron chi connectivity index (χ1n) is 14.3. The van der Waals surface area contributed by atoms with Crippen molar-refractivity contribution in [2.24, 2.45) is 17.6 Å². The van der Waals surface area contributed by atoms with Gasteiger partial charge in [0.1, 0.15) is 22.8 Å². The van der Waals surface area contributed by atoms with Crippen LogP contribution in [0.4, 0.5) is 5.69 Å². The fourth-order valence-electron chi connectivity index (χ4n) is 7.43. The number of ketones is 2. The molecule has 232 valence electrons. The van der Waals surface area contributed by atoms with Crippen LogP contribution in [0.15, 0.2) is 28.7 Å². The number of hydrogen-bond donors (Lipinski definition) is 6. The number of allylic oxidation sites excluding steroid dienone is 1. The zero-order valence-electron chi connectivity index (χ0n) is 25.0. The maximum Gasteiger partial charge on any atom is 0.255 e. The lowest BCUT2D eigenvalue weighted by Gasteiger charge is -2.50. The highest BCUT2D eigenvalue weighted by Crippen LogP contribution is 2.53. The van der Waals surface area contributed by atoms with E-state index in [0.717, 1.165) is 19.4 Å². The molecule has 0 spiro atoms. The fraction of sp³-hybridized carbons (Fsp3) is 0.533. The van der Waals surface area contributed by atoms with Crippen molar-refractivity contribution in [3.8, 4) is 5.75 Å². The normalized spacial score (nSPS) is 29.0. The third kappa shape index (κ3) is 4.48. The van der Waals surface area contributed by atoms with Gasteiger partial charge < -0.3 is 36.4 Å². The van der Waals surface area contributed by atoms with Crippen molar-refractivity contribution in [2.75, 3.05) is 46.7 Å². The predicted octanol–water partition coefficient (Wildman–Crippen LogP) is -0.103. The maximum atomic E-state index is 14.1. The van der Waals surface area contributed by atoms with E-state index in [4.69, 9.17) is 5.73 Å². The Bertz CT molecular complexity index is 1500. The predicted molar refractivity (Wildman–Crippen MR) is 155 cm³/mol. The molecule has 13 heteroatoms. The van der Waals surface area contributed by atoms with E-state index in [1.807, 2.05) is 11.9 Å². The van der Waals surface area contributed by atoms with Gasteiger partial charge in [0, 0.05) is 43.4 Å². The monoisotopic (exact) mass is 597 g/mol. The summed E-state index contributed by atoms with van der Waals surface area (Å²) in [6.45, 7) is 0.758. The van der Waals surface area contributed by atoms with Gasteiger partial charge in [0.2, 0.25) is 11.7 Å². The summed E-state index contributed by atoms with van der Waals surface area (Å²) in [4.78, 5) is 57.9. The highest BCUT2D eigenvalue weighted by molar-refractivity contribution is 6.25. The van der Waals surface area contributed by atoms with Gasteiger partial charge in [-0.2, -0.15) is 0 Å². The first-order valence-corrected chi connectivity index (χ1v) is 14.3. The lowest BCUT2D eigenvalue weighted by Crippen LogP contribution is -2.63. The van der Waals surface area contributed by atoms with Gasteiger partial charge >= 0.3 is 0 Å². The molecule has 0 bridgehead atoms. The molecule has 0 aromatic heterocycles. The summed E-state index contributed by atoms with van der Waals surface area (Å²) >= 11 is 0. The second-order valence-corrected chi connectivity index (χ2v) is 12.5. The number of nitrogens with two attached hydrogens (primary N) is 1. The molecule has 4 aliphatic rings. The van der Waals surface area contributed by atoms with Crippen LogP contribution in [0.3, 0.4) is 0 Å². The van der Waals surface area contributed by atoms with Gasteiger partial charge in [-0.15, -0.1) is 0 Å². The number of phenols is 1. The van der Waals surface area contributed by atoms with Crippen LogP contribution in [0.2, 0.25) is 0 Å². The molecule has 1 heterocycles. The topological polar surface area (TPSA) is 197 Å². The van der Waals surface area contributed by atoms with Gasteiger partial charge in [-0.05, 0) is 70.9 Å². The summed E-state index contributed by atoms with van der Waals surface area (Å²) < 4.78 is 0. The zero-order valence-corrected chi connectivity index (χ0v) is 25.0. The number of carbonyl (C=O) groups is 4. The minimum atomic E-state index is -2.70. The molecule has 0 saturated carbocycles. The quantitative estimate of drug-likeness (QED) is 0.240. The average molecular weight is 598 g/mol. The van der Waals surface area contributed by atoms with Gasteiger partial charge in [-0.25, -0.2) is 0 Å². The van der Waals surface area contributed by atoms with E-state index in [-0.39, 0.29) is 48.2 Å². The number of likely N-dealkylation sites (tertiary alicyclic amines) is 1. The molecule has 0 unspecified atom stereocenters. The van der Waals surface area contributed by atoms with Crippen LogP contribution in [0.1, 0.15) is 40.7 Å². The van der Waals surface area contributed by atoms with Gasteiger partial charge in [-0.3, -0.25) is 29.0 Å². The Morgan fingerprint density at radius 3 is 2.40 bits per heavy atom. The number of benzene rings is 1. The lowest BCUT2D eigenvalue weighted by molar-refractivity contribution is -0.148. The molecule has 13 nitrogen and oxygen atoms in total. The molecular formula is C30H39N5O8. The number of carbonyl (C=O) groups excluding carboxylic acids is 4. The SMILES string of the molecule is CN(C)c1cc(CNC(=O)[C@@H]2CCCN2C)c(O)c2c1C[C@H]1C[C@H]3[C@H](N(C)C)C(O)=C(C(N)=O)C(=O)[C@@]3(O)C(O)=C1C2=O. The Balaban J connectivity index is 1.61. The summed E-state index contributed by atoms with van der Waals surface area (Å²) in [5, 5.41) is 48.5. The number of aliphatic hydroxyl groups excluding tert-OH is 2. The summed E-state index contributed by atoms with van der Waals surface area (Å²) in [6, 6.07) is 0.372. The molecular weight excluding hydrogens is 558 g/mol. The number of phenolic OH excluding ortho intramolecular Hbond substituents is 1. The molecule has 3 aliphatic carbocycles. The number of anilines is 1. The van der Waals surface area contributed by atoms with Gasteiger partial charge in [0.15, 0.2) is 11.4 Å². The van der Waals surface area contributed by atoms with E-state index in [1.165, 1.54) is 4.90 Å². The Morgan fingerprint density at radius 2 is 1.84 bits per heavy atom. The second-order valence-electron chi connectivity index (χ2n) is 12.5. The maximum absolute atomic E-state index is 14.1. The number of Topliss-reactive ketones (excluding diaryl/α,β-unsaturated/α-hetero) is 2. The minimum absolute atomic E-state index is 0.00606. The van der Waals surface area contributed by atoms with E-state index in [2.05, 4.69) is 5.32 Å². The number of aromatic hydroxyl groups is 1. The van der Waals surface area contributed by atoms with Crippen LogP contribution in [-0.2, 0) is 27.3 Å². The van der Waals surface area contributed by atoms with Gasteiger partial charge in [0.25, 0.3) is 5.91 Å². The van der Waals surface area contributed by atoms with Crippen molar-refractivity contribution in [3.05, 3.63) is 45.4 Å². The Labute approximate surface area is 249 Å². The first kappa shape index (κ1) is 30.5. The van der Waals surface area contributed by atoms with Crippen LogP contribution < -0.4 is 16.0 Å². The standard InChI is InChI=1S/C30H39N5O8/c1-33(2)18-11-14(12-32-29(42)17-7-6-8-35(17)5)23(36)20-15(18)9-13-10-16-22(34(3)4)25(38)21(28(31)41)27(40)30(16,43)26(39)19(13)24(20)37/h11,13,16-17,22,36,38-39,43H,6-10,12H2,1-5H3,(H2,31,41)(H,32,42)/t13-,16-,17-,22-,30-/m0/s1. The molecule has 1 fully saturated rings. The minimum Gasteiger partial charge on any atom is -0.510 e. The van der Waals surface area contributed by atoms with Crippen LogP contribution >= 0.6 is 0 Å². The number of likely N-dealkylation sites (N-methyl/N-ethyl adjacent to an activating group) is 2. The van der Waals surface area contributed by atoms with E-state index >= 15 is 0 Å². The second kappa shape index (κ2) is 10.6.